The van der Waals surface area contributed by atoms with Crippen LogP contribution in [0.1, 0.15) is 40.0 Å². The van der Waals surface area contributed by atoms with Gasteiger partial charge in [0.1, 0.15) is 5.84 Å². The molecule has 1 N–H and O–H groups in total. The van der Waals surface area contributed by atoms with Crippen molar-refractivity contribution in [1.29, 1.82) is 0 Å². The molecular weight excluding hydrogens is 312 g/mol. The quantitative estimate of drug-likeness (QED) is 0.858. The Kier molecular flexibility index (Phi) is 3.60. The van der Waals surface area contributed by atoms with E-state index in [1.807, 2.05) is 25.7 Å². The SMILES string of the molecule is CC1=N[C@@H](C)C(C)=C2C[C@H](NS(=O)(=O)C3CC(F)(F)C3)CN12. The highest BCUT2D eigenvalue weighted by Crippen LogP contribution is 2.41. The van der Waals surface area contributed by atoms with Gasteiger partial charge in [-0.2, -0.15) is 0 Å². The van der Waals surface area contributed by atoms with Crippen LogP contribution in [0.4, 0.5) is 8.78 Å². The van der Waals surface area contributed by atoms with E-state index in [0.29, 0.717) is 13.0 Å². The fraction of sp³-hybridized carbons (Fsp3) is 0.786. The maximum atomic E-state index is 12.9. The highest BCUT2D eigenvalue weighted by molar-refractivity contribution is 7.90. The molecule has 0 unspecified atom stereocenters. The summed E-state index contributed by atoms with van der Waals surface area (Å²) in [6, 6.07) is -0.174. The van der Waals surface area contributed by atoms with Crippen LogP contribution in [0, 0.1) is 0 Å². The summed E-state index contributed by atoms with van der Waals surface area (Å²) >= 11 is 0. The van der Waals surface area contributed by atoms with E-state index in [0.717, 1.165) is 17.1 Å². The standard InChI is InChI=1S/C14H21F2N3O2S/c1-8-9(2)17-10(3)19-7-11(4-13(8)19)18-22(20,21)12-5-14(15,16)6-12/h9,11-12,18H,4-7H2,1-3H3/t9-,11-/m0/s1. The molecule has 22 heavy (non-hydrogen) atoms. The second kappa shape index (κ2) is 4.99. The summed E-state index contributed by atoms with van der Waals surface area (Å²) in [6.07, 6.45) is -0.554. The average molecular weight is 333 g/mol. The lowest BCUT2D eigenvalue weighted by Gasteiger charge is -2.34. The van der Waals surface area contributed by atoms with Gasteiger partial charge in [-0.1, -0.05) is 0 Å². The summed E-state index contributed by atoms with van der Waals surface area (Å²) in [5.74, 6) is -1.95. The molecule has 0 spiro atoms. The Bertz CT molecular complexity index is 649. The molecule has 2 heterocycles. The fourth-order valence-corrected chi connectivity index (χ4v) is 5.10. The summed E-state index contributed by atoms with van der Waals surface area (Å²) in [7, 11) is -3.69. The van der Waals surface area contributed by atoms with Gasteiger partial charge in [-0.3, -0.25) is 4.99 Å². The normalized spacial score (nSPS) is 31.9. The van der Waals surface area contributed by atoms with Crippen LogP contribution in [0.5, 0.6) is 0 Å². The summed E-state index contributed by atoms with van der Waals surface area (Å²) in [4.78, 5) is 6.55. The number of sulfonamides is 1. The molecule has 0 radical (unpaired) electrons. The van der Waals surface area contributed by atoms with Crippen molar-refractivity contribution in [3.8, 4) is 0 Å². The maximum absolute atomic E-state index is 12.9. The molecule has 1 saturated carbocycles. The molecule has 0 bridgehead atoms. The molecule has 1 saturated heterocycles. The van der Waals surface area contributed by atoms with E-state index in [4.69, 9.17) is 0 Å². The summed E-state index contributed by atoms with van der Waals surface area (Å²) < 4.78 is 52.8. The molecule has 2 atom stereocenters. The molecule has 2 aliphatic heterocycles. The molecule has 0 amide bonds. The van der Waals surface area contributed by atoms with Gasteiger partial charge < -0.3 is 4.90 Å². The van der Waals surface area contributed by atoms with Gasteiger partial charge in [0.2, 0.25) is 10.0 Å². The van der Waals surface area contributed by atoms with Gasteiger partial charge in [0, 0.05) is 37.5 Å². The van der Waals surface area contributed by atoms with Crippen molar-refractivity contribution >= 4 is 15.9 Å². The van der Waals surface area contributed by atoms with Crippen molar-refractivity contribution in [2.24, 2.45) is 4.99 Å². The van der Waals surface area contributed by atoms with E-state index in [1.165, 1.54) is 0 Å². The minimum atomic E-state index is -3.69. The number of nitrogens with zero attached hydrogens (tertiary/aromatic N) is 2. The Labute approximate surface area is 129 Å². The highest BCUT2D eigenvalue weighted by Gasteiger charge is 2.52. The van der Waals surface area contributed by atoms with Gasteiger partial charge in [-0.05, 0) is 26.3 Å². The Morgan fingerprint density at radius 2 is 1.95 bits per heavy atom. The monoisotopic (exact) mass is 333 g/mol. The molecule has 1 aliphatic carbocycles. The van der Waals surface area contributed by atoms with Crippen LogP contribution in [0.3, 0.4) is 0 Å². The number of fused-ring (bicyclic) bond motifs is 1. The largest absolute Gasteiger partial charge is 0.332 e. The smallest absolute Gasteiger partial charge is 0.250 e. The van der Waals surface area contributed by atoms with Crippen molar-refractivity contribution in [3.05, 3.63) is 11.3 Å². The van der Waals surface area contributed by atoms with Crippen LogP contribution in [0.15, 0.2) is 16.3 Å². The van der Waals surface area contributed by atoms with Gasteiger partial charge in [0.25, 0.3) is 5.92 Å². The van der Waals surface area contributed by atoms with Crippen LogP contribution in [0.2, 0.25) is 0 Å². The number of hydrogen-bond acceptors (Lipinski definition) is 4. The summed E-state index contributed by atoms with van der Waals surface area (Å²) in [5, 5.41) is -0.969. The van der Waals surface area contributed by atoms with Crippen LogP contribution >= 0.6 is 0 Å². The van der Waals surface area contributed by atoms with Crippen LogP contribution < -0.4 is 4.72 Å². The minimum Gasteiger partial charge on any atom is -0.332 e. The number of alkyl halides is 2. The topological polar surface area (TPSA) is 61.8 Å². The zero-order valence-corrected chi connectivity index (χ0v) is 13.8. The fourth-order valence-electron chi connectivity index (χ4n) is 3.36. The van der Waals surface area contributed by atoms with Crippen molar-refractivity contribution in [1.82, 2.24) is 9.62 Å². The van der Waals surface area contributed by atoms with Gasteiger partial charge in [0.15, 0.2) is 0 Å². The van der Waals surface area contributed by atoms with E-state index in [1.54, 1.807) is 0 Å². The van der Waals surface area contributed by atoms with Crippen LogP contribution in [-0.2, 0) is 10.0 Å². The molecular formula is C14H21F2N3O2S. The predicted octanol–water partition coefficient (Wildman–Crippen LogP) is 1.87. The number of aliphatic imine (C=N–C) groups is 1. The van der Waals surface area contributed by atoms with E-state index in [-0.39, 0.29) is 12.1 Å². The molecule has 3 rings (SSSR count). The lowest BCUT2D eigenvalue weighted by atomic mass is 9.94. The molecule has 0 aromatic heterocycles. The van der Waals surface area contributed by atoms with E-state index in [9.17, 15) is 17.2 Å². The van der Waals surface area contributed by atoms with Crippen molar-refractivity contribution in [3.63, 3.8) is 0 Å². The average Bonchev–Trinajstić information content (AvgIpc) is 2.77. The van der Waals surface area contributed by atoms with E-state index in [2.05, 4.69) is 9.71 Å². The third-order valence-corrected chi connectivity index (χ3v) is 6.72. The molecule has 5 nitrogen and oxygen atoms in total. The van der Waals surface area contributed by atoms with Crippen LogP contribution in [-0.4, -0.2) is 49.0 Å². The Morgan fingerprint density at radius 1 is 1.32 bits per heavy atom. The second-order valence-electron chi connectivity index (χ2n) is 6.54. The number of amidine groups is 1. The molecule has 0 aromatic rings. The molecule has 0 aromatic carbocycles. The molecule has 124 valence electrons. The Hall–Kier alpha value is -1.02. The highest BCUT2D eigenvalue weighted by atomic mass is 32.2. The first kappa shape index (κ1) is 15.9. The van der Waals surface area contributed by atoms with Gasteiger partial charge in [-0.15, -0.1) is 0 Å². The first-order chi connectivity index (χ1) is 10.1. The first-order valence-corrected chi connectivity index (χ1v) is 9.04. The number of halogens is 2. The lowest BCUT2D eigenvalue weighted by molar-refractivity contribution is -0.0688. The summed E-state index contributed by atoms with van der Waals surface area (Å²) in [5.41, 5.74) is 2.24. The van der Waals surface area contributed by atoms with Gasteiger partial charge in [-0.25, -0.2) is 21.9 Å². The van der Waals surface area contributed by atoms with Gasteiger partial charge in [0.05, 0.1) is 11.3 Å². The molecule has 8 heteroatoms. The lowest BCUT2D eigenvalue weighted by Crippen LogP contribution is -2.51. The maximum Gasteiger partial charge on any atom is 0.250 e. The number of rotatable bonds is 3. The minimum absolute atomic E-state index is 0.104. The van der Waals surface area contributed by atoms with E-state index >= 15 is 0 Å². The number of hydrogen-bond donors (Lipinski definition) is 1. The molecule has 3 aliphatic rings. The van der Waals surface area contributed by atoms with Crippen molar-refractivity contribution in [2.75, 3.05) is 6.54 Å². The predicted molar refractivity (Wildman–Crippen MR) is 80.4 cm³/mol. The third kappa shape index (κ3) is 2.67. The molecule has 2 fully saturated rings. The number of nitrogens with one attached hydrogen (secondary N) is 1. The van der Waals surface area contributed by atoms with Crippen molar-refractivity contribution < 1.29 is 17.2 Å². The third-order valence-electron chi connectivity index (χ3n) is 4.84. The second-order valence-corrected chi connectivity index (χ2v) is 8.54. The van der Waals surface area contributed by atoms with Crippen molar-refractivity contribution in [2.45, 2.75) is 63.3 Å². The van der Waals surface area contributed by atoms with Gasteiger partial charge >= 0.3 is 0 Å². The first-order valence-electron chi connectivity index (χ1n) is 7.49. The van der Waals surface area contributed by atoms with Crippen LogP contribution in [0.25, 0.3) is 0 Å². The zero-order valence-electron chi connectivity index (χ0n) is 12.9. The van der Waals surface area contributed by atoms with E-state index < -0.39 is 34.0 Å². The Balaban J connectivity index is 1.70. The Morgan fingerprint density at radius 3 is 2.55 bits per heavy atom. The zero-order chi connectivity index (χ0) is 16.3. The summed E-state index contributed by atoms with van der Waals surface area (Å²) in [6.45, 7) is 6.44.